The number of hydrazone groups is 1. The zero-order chi connectivity index (χ0) is 22.5. The largest absolute Gasteiger partial charge is 0.493 e. The van der Waals surface area contributed by atoms with Gasteiger partial charge in [0.1, 0.15) is 0 Å². The lowest BCUT2D eigenvalue weighted by Gasteiger charge is -2.24. The van der Waals surface area contributed by atoms with Gasteiger partial charge in [-0.05, 0) is 49.2 Å². The molecule has 0 spiro atoms. The molecular formula is C23H22N4O5. The van der Waals surface area contributed by atoms with Gasteiger partial charge in [0.05, 0.1) is 26.1 Å². The van der Waals surface area contributed by atoms with Crippen LogP contribution in [-0.2, 0) is 0 Å². The molecule has 0 unspecified atom stereocenters. The third kappa shape index (κ3) is 4.46. The van der Waals surface area contributed by atoms with Crippen molar-refractivity contribution in [3.8, 4) is 11.5 Å². The molecule has 0 saturated carbocycles. The van der Waals surface area contributed by atoms with Crippen molar-refractivity contribution in [1.82, 2.24) is 10.2 Å². The van der Waals surface area contributed by atoms with E-state index in [0.29, 0.717) is 29.3 Å². The van der Waals surface area contributed by atoms with Crippen molar-refractivity contribution in [2.45, 2.75) is 12.8 Å². The zero-order valence-corrected chi connectivity index (χ0v) is 17.7. The van der Waals surface area contributed by atoms with E-state index in [0.717, 1.165) is 24.1 Å². The number of nitrogens with zero attached hydrogens (tertiary/aromatic N) is 3. The average molecular weight is 434 g/mol. The van der Waals surface area contributed by atoms with E-state index in [1.165, 1.54) is 17.3 Å². The number of ether oxygens (including phenoxy) is 2. The van der Waals surface area contributed by atoms with Crippen molar-refractivity contribution in [2.75, 3.05) is 26.1 Å². The summed E-state index contributed by atoms with van der Waals surface area (Å²) < 4.78 is 15.5. The second-order valence-corrected chi connectivity index (χ2v) is 7.06. The molecule has 164 valence electrons. The number of aromatic nitrogens is 1. The smallest absolute Gasteiger partial charge is 0.294 e. The Morgan fingerprint density at radius 3 is 2.66 bits per heavy atom. The molecule has 2 heterocycles. The summed E-state index contributed by atoms with van der Waals surface area (Å²) in [5.74, 6) is 0.621. The number of rotatable bonds is 6. The molecule has 1 aliphatic rings. The van der Waals surface area contributed by atoms with Gasteiger partial charge < -0.3 is 19.3 Å². The van der Waals surface area contributed by atoms with Crippen LogP contribution in [0.2, 0.25) is 0 Å². The Hall–Kier alpha value is -4.14. The summed E-state index contributed by atoms with van der Waals surface area (Å²) in [7, 11) is 3.16. The summed E-state index contributed by atoms with van der Waals surface area (Å²) in [4.78, 5) is 25.3. The fourth-order valence-corrected chi connectivity index (χ4v) is 3.41. The number of hydrogen-bond acceptors (Lipinski definition) is 7. The highest BCUT2D eigenvalue weighted by Crippen LogP contribution is 2.29. The number of benzene rings is 2. The van der Waals surface area contributed by atoms with Crippen LogP contribution in [0, 0.1) is 0 Å². The summed E-state index contributed by atoms with van der Waals surface area (Å²) in [5, 5.41) is 12.2. The Morgan fingerprint density at radius 2 is 1.91 bits per heavy atom. The lowest BCUT2D eigenvalue weighted by atomic mass is 10.0. The van der Waals surface area contributed by atoms with Crippen molar-refractivity contribution in [3.05, 3.63) is 71.6 Å². The molecular weight excluding hydrogens is 412 g/mol. The molecule has 32 heavy (non-hydrogen) atoms. The number of anilines is 1. The highest BCUT2D eigenvalue weighted by Gasteiger charge is 2.22. The van der Waals surface area contributed by atoms with E-state index in [1.807, 2.05) is 18.2 Å². The Kier molecular flexibility index (Phi) is 6.16. The molecule has 0 bridgehead atoms. The van der Waals surface area contributed by atoms with Crippen LogP contribution >= 0.6 is 0 Å². The summed E-state index contributed by atoms with van der Waals surface area (Å²) in [6.07, 6.45) is 2.91. The van der Waals surface area contributed by atoms with Crippen molar-refractivity contribution >= 4 is 23.2 Å². The second-order valence-electron chi connectivity index (χ2n) is 7.06. The minimum Gasteiger partial charge on any atom is -0.493 e. The highest BCUT2D eigenvalue weighted by atomic mass is 16.5. The van der Waals surface area contributed by atoms with Crippen molar-refractivity contribution in [3.63, 3.8) is 0 Å². The number of hydrogen-bond donors (Lipinski definition) is 1. The first-order valence-corrected chi connectivity index (χ1v) is 10.0. The first-order valence-electron chi connectivity index (χ1n) is 10.0. The zero-order valence-electron chi connectivity index (χ0n) is 17.7. The Morgan fingerprint density at radius 1 is 1.06 bits per heavy atom. The predicted octanol–water partition coefficient (Wildman–Crippen LogP) is 3.58. The number of carbonyl (C=O) groups is 2. The molecule has 9 heteroatoms. The molecule has 1 aromatic heterocycles. The summed E-state index contributed by atoms with van der Waals surface area (Å²) in [5.41, 5.74) is 2.55. The Labute approximate surface area is 184 Å². The normalized spacial score (nSPS) is 13.3. The summed E-state index contributed by atoms with van der Waals surface area (Å²) in [6, 6.07) is 13.7. The number of amides is 2. The van der Waals surface area contributed by atoms with Gasteiger partial charge >= 0.3 is 0 Å². The van der Waals surface area contributed by atoms with Gasteiger partial charge in [-0.3, -0.25) is 9.59 Å². The highest BCUT2D eigenvalue weighted by molar-refractivity contribution is 6.05. The Bertz CT molecular complexity index is 1160. The van der Waals surface area contributed by atoms with E-state index in [4.69, 9.17) is 14.0 Å². The van der Waals surface area contributed by atoms with Crippen LogP contribution in [0.5, 0.6) is 11.5 Å². The van der Waals surface area contributed by atoms with Gasteiger partial charge in [0.15, 0.2) is 11.5 Å². The molecule has 1 N–H and O–H groups in total. The van der Waals surface area contributed by atoms with Gasteiger partial charge in [-0.15, -0.1) is 0 Å². The van der Waals surface area contributed by atoms with E-state index in [2.05, 4.69) is 15.6 Å². The summed E-state index contributed by atoms with van der Waals surface area (Å²) in [6.45, 7) is 0.504. The average Bonchev–Trinajstić information content (AvgIpc) is 3.39. The maximum Gasteiger partial charge on any atom is 0.294 e. The van der Waals surface area contributed by atoms with E-state index in [1.54, 1.807) is 38.5 Å². The van der Waals surface area contributed by atoms with E-state index in [9.17, 15) is 9.59 Å². The van der Waals surface area contributed by atoms with Gasteiger partial charge in [-0.1, -0.05) is 11.2 Å². The number of methoxy groups -OCH3 is 2. The molecule has 0 atom stereocenters. The van der Waals surface area contributed by atoms with Crippen LogP contribution < -0.4 is 14.8 Å². The molecule has 0 saturated heterocycles. The molecule has 4 rings (SSSR count). The SMILES string of the molecule is COc1ccc(C2=NN(C(=O)c3cccc(NC(=O)c4ccno4)c3)CCC2)cc1OC. The van der Waals surface area contributed by atoms with Gasteiger partial charge in [0, 0.05) is 29.4 Å². The maximum atomic E-state index is 13.1. The quantitative estimate of drug-likeness (QED) is 0.636. The van der Waals surface area contributed by atoms with E-state index < -0.39 is 5.91 Å². The van der Waals surface area contributed by atoms with Crippen LogP contribution in [0.3, 0.4) is 0 Å². The molecule has 3 aromatic rings. The van der Waals surface area contributed by atoms with E-state index in [-0.39, 0.29) is 11.7 Å². The number of nitrogens with one attached hydrogen (secondary N) is 1. The third-order valence-electron chi connectivity index (χ3n) is 5.01. The topological polar surface area (TPSA) is 106 Å². The van der Waals surface area contributed by atoms with Gasteiger partial charge in [0.2, 0.25) is 5.76 Å². The second kappa shape index (κ2) is 9.34. The molecule has 2 amide bonds. The van der Waals surface area contributed by atoms with Crippen LogP contribution in [0.4, 0.5) is 5.69 Å². The van der Waals surface area contributed by atoms with Crippen LogP contribution in [0.25, 0.3) is 0 Å². The predicted molar refractivity (Wildman–Crippen MR) is 117 cm³/mol. The molecule has 2 aromatic carbocycles. The van der Waals surface area contributed by atoms with Gasteiger partial charge in [-0.25, -0.2) is 5.01 Å². The molecule has 0 fully saturated rings. The van der Waals surface area contributed by atoms with Crippen LogP contribution in [0.15, 0.2) is 64.4 Å². The lowest BCUT2D eigenvalue weighted by Crippen LogP contribution is -2.32. The van der Waals surface area contributed by atoms with Crippen molar-refractivity contribution < 1.29 is 23.6 Å². The minimum atomic E-state index is -0.446. The molecule has 0 aliphatic carbocycles. The van der Waals surface area contributed by atoms with Crippen LogP contribution in [-0.4, -0.2) is 48.5 Å². The van der Waals surface area contributed by atoms with Crippen LogP contribution in [0.1, 0.15) is 39.3 Å². The third-order valence-corrected chi connectivity index (χ3v) is 5.01. The summed E-state index contributed by atoms with van der Waals surface area (Å²) >= 11 is 0. The maximum absolute atomic E-state index is 13.1. The van der Waals surface area contributed by atoms with E-state index >= 15 is 0 Å². The van der Waals surface area contributed by atoms with Gasteiger partial charge in [0.25, 0.3) is 11.8 Å². The monoisotopic (exact) mass is 434 g/mol. The first-order chi connectivity index (χ1) is 15.6. The van der Waals surface area contributed by atoms with Gasteiger partial charge in [-0.2, -0.15) is 5.10 Å². The molecule has 9 nitrogen and oxygen atoms in total. The van der Waals surface area contributed by atoms with Crippen molar-refractivity contribution in [2.24, 2.45) is 5.10 Å². The fourth-order valence-electron chi connectivity index (χ4n) is 3.41. The standard InChI is InChI=1S/C23H22N4O5/c1-30-19-9-8-15(14-21(19)31-2)18-7-4-12-27(26-18)23(29)16-5-3-6-17(13-16)25-22(28)20-10-11-24-32-20/h3,5-6,8-11,13-14H,4,7,12H2,1-2H3,(H,25,28). The van der Waals surface area contributed by atoms with Crippen molar-refractivity contribution in [1.29, 1.82) is 0 Å². The number of carbonyl (C=O) groups excluding carboxylic acids is 2. The Balaban J connectivity index is 1.53. The molecule has 0 radical (unpaired) electrons. The fraction of sp³-hybridized carbons (Fsp3) is 0.217. The lowest BCUT2D eigenvalue weighted by molar-refractivity contribution is 0.0751. The first kappa shape index (κ1) is 21.1. The minimum absolute atomic E-state index is 0.0851. The molecule has 1 aliphatic heterocycles.